The number of halogens is 1. The fourth-order valence-corrected chi connectivity index (χ4v) is 6.59. The van der Waals surface area contributed by atoms with Crippen LogP contribution in [0.4, 0.5) is 4.39 Å². The van der Waals surface area contributed by atoms with Gasteiger partial charge in [0.15, 0.2) is 0 Å². The highest BCUT2D eigenvalue weighted by Crippen LogP contribution is 2.38. The number of unbranched alkanes of at least 4 members (excludes halogenated alkanes) is 1. The Hall–Kier alpha value is -1.60. The number of nitrogens with zero attached hydrogens (tertiary/aromatic N) is 2. The average molecular weight is 435 g/mol. The summed E-state index contributed by atoms with van der Waals surface area (Å²) in [6.07, 6.45) is 7.43. The number of fused-ring (bicyclic) bond motifs is 1. The van der Waals surface area contributed by atoms with Crippen molar-refractivity contribution >= 4 is 22.6 Å². The van der Waals surface area contributed by atoms with Crippen LogP contribution in [0.1, 0.15) is 51.4 Å². The Balaban J connectivity index is 1.17. The normalized spacial score (nSPS) is 26.8. The summed E-state index contributed by atoms with van der Waals surface area (Å²) in [4.78, 5) is 29.7. The Morgan fingerprint density at radius 3 is 2.03 bits per heavy atom. The van der Waals surface area contributed by atoms with E-state index in [-0.39, 0.29) is 34.7 Å². The van der Waals surface area contributed by atoms with Gasteiger partial charge in [-0.25, -0.2) is 4.39 Å². The lowest BCUT2D eigenvalue weighted by Gasteiger charge is -2.31. The minimum atomic E-state index is -1.09. The van der Waals surface area contributed by atoms with Crippen molar-refractivity contribution in [3.8, 4) is 0 Å². The topological polar surface area (TPSA) is 57.7 Å². The second kappa shape index (κ2) is 9.69. The van der Waals surface area contributed by atoms with Crippen LogP contribution in [0.3, 0.4) is 0 Å². The Bertz CT molecular complexity index is 768. The quantitative estimate of drug-likeness (QED) is 0.488. The molecular formula is C23H31FN2O3S. The fourth-order valence-electron chi connectivity index (χ4n) is 5.16. The van der Waals surface area contributed by atoms with Crippen LogP contribution in [0.5, 0.6) is 0 Å². The number of imide groups is 1. The van der Waals surface area contributed by atoms with E-state index < -0.39 is 10.8 Å². The Morgan fingerprint density at radius 1 is 0.867 bits per heavy atom. The molecule has 1 saturated carbocycles. The molecule has 1 aromatic carbocycles. The Kier molecular flexibility index (Phi) is 6.98. The summed E-state index contributed by atoms with van der Waals surface area (Å²) >= 11 is 0. The van der Waals surface area contributed by atoms with Crippen molar-refractivity contribution in [2.75, 3.05) is 26.2 Å². The minimum Gasteiger partial charge on any atom is -0.303 e. The first-order chi connectivity index (χ1) is 14.5. The molecule has 3 aliphatic rings. The Labute approximate surface area is 180 Å². The number of benzene rings is 1. The maximum Gasteiger partial charge on any atom is 0.233 e. The number of carbonyl (C=O) groups is 2. The fraction of sp³-hybridized carbons (Fsp3) is 0.652. The number of carbonyl (C=O) groups excluding carboxylic acids is 2. The second-order valence-corrected chi connectivity index (χ2v) is 10.6. The SMILES string of the molecule is O=C1C2CCCCC2C(=O)N1CCCCN1CCC(S(=O)c2ccc(F)cc2)CC1. The van der Waals surface area contributed by atoms with Crippen molar-refractivity contribution in [1.29, 1.82) is 0 Å². The summed E-state index contributed by atoms with van der Waals surface area (Å²) in [5.41, 5.74) is 0. The molecule has 0 N–H and O–H groups in total. The highest BCUT2D eigenvalue weighted by Gasteiger charge is 2.47. The number of likely N-dealkylation sites (tertiary alicyclic amines) is 2. The van der Waals surface area contributed by atoms with Crippen molar-refractivity contribution in [1.82, 2.24) is 9.80 Å². The molecule has 2 amide bonds. The molecule has 0 spiro atoms. The third-order valence-corrected chi connectivity index (χ3v) is 8.74. The third kappa shape index (κ3) is 4.67. The van der Waals surface area contributed by atoms with Crippen LogP contribution < -0.4 is 0 Å². The number of hydrogen-bond acceptors (Lipinski definition) is 4. The van der Waals surface area contributed by atoms with E-state index in [1.54, 1.807) is 12.1 Å². The van der Waals surface area contributed by atoms with E-state index in [4.69, 9.17) is 0 Å². The molecule has 2 heterocycles. The zero-order valence-electron chi connectivity index (χ0n) is 17.4. The standard InChI is InChI=1S/C23H31FN2O3S/c24-17-7-9-18(10-8-17)30(29)19-11-15-25(16-12-19)13-3-4-14-26-22(27)20-5-1-2-6-21(20)23(26)28/h7-10,19-21H,1-6,11-16H2. The van der Waals surface area contributed by atoms with Gasteiger partial charge in [0.1, 0.15) is 5.82 Å². The molecule has 4 rings (SSSR count). The van der Waals surface area contributed by atoms with Crippen LogP contribution in [-0.2, 0) is 20.4 Å². The highest BCUT2D eigenvalue weighted by atomic mass is 32.2. The van der Waals surface area contributed by atoms with Crippen molar-refractivity contribution in [3.05, 3.63) is 30.1 Å². The zero-order valence-corrected chi connectivity index (χ0v) is 18.2. The van der Waals surface area contributed by atoms with Crippen LogP contribution >= 0.6 is 0 Å². The van der Waals surface area contributed by atoms with Crippen molar-refractivity contribution in [2.45, 2.75) is 61.5 Å². The first-order valence-electron chi connectivity index (χ1n) is 11.3. The third-order valence-electron chi connectivity index (χ3n) is 6.92. The van der Waals surface area contributed by atoms with Gasteiger partial charge in [0.25, 0.3) is 0 Å². The molecule has 3 atom stereocenters. The van der Waals surface area contributed by atoms with Gasteiger partial charge in [-0.2, -0.15) is 0 Å². The summed E-state index contributed by atoms with van der Waals surface area (Å²) < 4.78 is 25.8. The van der Waals surface area contributed by atoms with Crippen LogP contribution in [0.25, 0.3) is 0 Å². The summed E-state index contributed by atoms with van der Waals surface area (Å²) in [6.45, 7) is 3.31. The minimum absolute atomic E-state index is 0.0488. The monoisotopic (exact) mass is 434 g/mol. The van der Waals surface area contributed by atoms with Gasteiger partial charge in [0.2, 0.25) is 11.8 Å². The molecule has 0 bridgehead atoms. The summed E-state index contributed by atoms with van der Waals surface area (Å²) in [5.74, 6) is -0.274. The lowest BCUT2D eigenvalue weighted by Crippen LogP contribution is -2.38. The van der Waals surface area contributed by atoms with E-state index in [1.165, 1.54) is 17.0 Å². The molecule has 3 unspecified atom stereocenters. The van der Waals surface area contributed by atoms with Gasteiger partial charge in [0, 0.05) is 16.7 Å². The molecule has 5 nitrogen and oxygen atoms in total. The van der Waals surface area contributed by atoms with Crippen LogP contribution in [0.15, 0.2) is 29.2 Å². The van der Waals surface area contributed by atoms with E-state index in [1.807, 2.05) is 0 Å². The van der Waals surface area contributed by atoms with Gasteiger partial charge in [-0.15, -0.1) is 0 Å². The summed E-state index contributed by atoms with van der Waals surface area (Å²) in [6, 6.07) is 5.98. The molecule has 1 aromatic rings. The van der Waals surface area contributed by atoms with Crippen LogP contribution in [0.2, 0.25) is 0 Å². The molecular weight excluding hydrogens is 403 g/mol. The van der Waals surface area contributed by atoms with Crippen LogP contribution in [0, 0.1) is 17.7 Å². The van der Waals surface area contributed by atoms with Gasteiger partial charge in [-0.05, 0) is 82.4 Å². The zero-order chi connectivity index (χ0) is 21.1. The Morgan fingerprint density at radius 2 is 1.43 bits per heavy atom. The first-order valence-corrected chi connectivity index (χ1v) is 12.5. The van der Waals surface area contributed by atoms with Gasteiger partial charge < -0.3 is 4.90 Å². The predicted molar refractivity (Wildman–Crippen MR) is 114 cm³/mol. The van der Waals surface area contributed by atoms with Gasteiger partial charge in [-0.1, -0.05) is 12.8 Å². The molecule has 164 valence electrons. The van der Waals surface area contributed by atoms with E-state index in [9.17, 15) is 18.2 Å². The molecule has 2 saturated heterocycles. The number of hydrogen-bond donors (Lipinski definition) is 0. The average Bonchev–Trinajstić information content (AvgIpc) is 3.02. The smallest absolute Gasteiger partial charge is 0.233 e. The number of piperidine rings is 1. The predicted octanol–water partition coefficient (Wildman–Crippen LogP) is 3.35. The number of rotatable bonds is 7. The van der Waals surface area contributed by atoms with Gasteiger partial charge in [0.05, 0.1) is 22.6 Å². The molecule has 2 aliphatic heterocycles. The van der Waals surface area contributed by atoms with E-state index >= 15 is 0 Å². The maximum absolute atomic E-state index is 13.1. The first kappa shape index (κ1) is 21.6. The summed E-state index contributed by atoms with van der Waals surface area (Å²) in [7, 11) is -1.09. The lowest BCUT2D eigenvalue weighted by molar-refractivity contribution is -0.140. The van der Waals surface area contributed by atoms with E-state index in [0.29, 0.717) is 11.4 Å². The molecule has 0 aromatic heterocycles. The molecule has 1 aliphatic carbocycles. The molecule has 7 heteroatoms. The molecule has 30 heavy (non-hydrogen) atoms. The van der Waals surface area contributed by atoms with E-state index in [2.05, 4.69) is 4.90 Å². The van der Waals surface area contributed by atoms with Crippen molar-refractivity contribution < 1.29 is 18.2 Å². The number of amides is 2. The van der Waals surface area contributed by atoms with E-state index in [0.717, 1.165) is 71.0 Å². The highest BCUT2D eigenvalue weighted by molar-refractivity contribution is 7.85. The van der Waals surface area contributed by atoms with Crippen LogP contribution in [-0.4, -0.2) is 57.3 Å². The van der Waals surface area contributed by atoms with Gasteiger partial charge in [-0.3, -0.25) is 18.7 Å². The lowest BCUT2D eigenvalue weighted by atomic mass is 9.81. The largest absolute Gasteiger partial charge is 0.303 e. The van der Waals surface area contributed by atoms with Crippen molar-refractivity contribution in [2.24, 2.45) is 11.8 Å². The second-order valence-electron chi connectivity index (χ2n) is 8.82. The summed E-state index contributed by atoms with van der Waals surface area (Å²) in [5, 5.41) is 0.120. The molecule has 3 fully saturated rings. The van der Waals surface area contributed by atoms with Gasteiger partial charge >= 0.3 is 0 Å². The van der Waals surface area contributed by atoms with Crippen molar-refractivity contribution in [3.63, 3.8) is 0 Å². The molecule has 0 radical (unpaired) electrons. The maximum atomic E-state index is 13.1.